The number of aromatic hydroxyl groups is 6. The first-order valence-electron chi connectivity index (χ1n) is 12.4. The predicted molar refractivity (Wildman–Crippen MR) is 142 cm³/mol. The topological polar surface area (TPSA) is 246 Å². The van der Waals surface area contributed by atoms with Crippen LogP contribution in [0.2, 0.25) is 0 Å². The molecule has 0 saturated carbocycles. The van der Waals surface area contributed by atoms with Crippen molar-refractivity contribution >= 4 is 16.9 Å². The Bertz CT molecular complexity index is 1760. The fourth-order valence-electron chi connectivity index (χ4n) is 4.40. The molecule has 1 fully saturated rings. The van der Waals surface area contributed by atoms with Gasteiger partial charge >= 0.3 is 5.97 Å². The summed E-state index contributed by atoms with van der Waals surface area (Å²) in [6, 6.07) is 7.23. The summed E-state index contributed by atoms with van der Waals surface area (Å²) in [6.45, 7) is -0.536. The molecule has 1 aliphatic heterocycles. The molecule has 0 spiro atoms. The van der Waals surface area contributed by atoms with Gasteiger partial charge in [0, 0.05) is 17.7 Å². The first kappa shape index (κ1) is 29.1. The Morgan fingerprint density at radius 2 is 1.60 bits per heavy atom. The fraction of sp³-hybridized carbons (Fsp3) is 0.214. The number of fused-ring (bicyclic) bond motifs is 1. The Labute approximate surface area is 240 Å². The second kappa shape index (κ2) is 11.1. The third kappa shape index (κ3) is 5.34. The molecule has 5 rings (SSSR count). The SMILES string of the molecule is COc1cc(O)cc2oc(-c3ccc(O)c(O)c3)c(OC3OCC(O)C(O)C3OC(=O)c3cc(O)c(O)c(O)c3)c(=O)c12. The van der Waals surface area contributed by atoms with E-state index in [4.69, 9.17) is 23.4 Å². The number of ether oxygens (including phenoxy) is 4. The molecular formula is C28H24O15. The van der Waals surface area contributed by atoms with Crippen molar-refractivity contribution in [2.75, 3.05) is 13.7 Å². The number of esters is 1. The third-order valence-corrected chi connectivity index (χ3v) is 6.57. The lowest BCUT2D eigenvalue weighted by molar-refractivity contribution is -0.241. The summed E-state index contributed by atoms with van der Waals surface area (Å²) in [5, 5.41) is 79.8. The summed E-state index contributed by atoms with van der Waals surface area (Å²) in [7, 11) is 1.23. The second-order valence-corrected chi connectivity index (χ2v) is 9.42. The molecule has 226 valence electrons. The molecule has 8 N–H and O–H groups in total. The first-order valence-corrected chi connectivity index (χ1v) is 12.4. The highest BCUT2D eigenvalue weighted by atomic mass is 16.7. The van der Waals surface area contributed by atoms with Crippen LogP contribution in [0.1, 0.15) is 10.4 Å². The summed E-state index contributed by atoms with van der Waals surface area (Å²) < 4.78 is 27.7. The number of hydrogen-bond donors (Lipinski definition) is 8. The van der Waals surface area contributed by atoms with E-state index in [0.717, 1.165) is 36.4 Å². The molecule has 15 nitrogen and oxygen atoms in total. The van der Waals surface area contributed by atoms with Gasteiger partial charge in [-0.1, -0.05) is 0 Å². The summed E-state index contributed by atoms with van der Waals surface area (Å²) >= 11 is 0. The van der Waals surface area contributed by atoms with Gasteiger partial charge in [0.25, 0.3) is 0 Å². The summed E-state index contributed by atoms with van der Waals surface area (Å²) in [6.07, 6.45) is -7.02. The lowest BCUT2D eigenvalue weighted by Gasteiger charge is -2.37. The molecule has 0 aliphatic carbocycles. The minimum absolute atomic E-state index is 0.00610. The minimum atomic E-state index is -1.83. The van der Waals surface area contributed by atoms with E-state index in [1.54, 1.807) is 0 Å². The van der Waals surface area contributed by atoms with Crippen LogP contribution in [0.5, 0.6) is 46.0 Å². The van der Waals surface area contributed by atoms with Gasteiger partial charge in [0.05, 0.1) is 19.3 Å². The molecule has 0 radical (unpaired) electrons. The van der Waals surface area contributed by atoms with E-state index >= 15 is 0 Å². The van der Waals surface area contributed by atoms with Gasteiger partial charge < -0.3 is 64.2 Å². The van der Waals surface area contributed by atoms with Gasteiger partial charge in [-0.25, -0.2) is 4.79 Å². The number of aliphatic hydroxyl groups excluding tert-OH is 2. The van der Waals surface area contributed by atoms with Gasteiger partial charge in [-0.05, 0) is 30.3 Å². The van der Waals surface area contributed by atoms with Crippen LogP contribution in [-0.4, -0.2) is 85.1 Å². The van der Waals surface area contributed by atoms with E-state index in [0.29, 0.717) is 0 Å². The smallest absolute Gasteiger partial charge is 0.339 e. The standard InChI is InChI=1S/C28H24O15/c1-39-18-7-12(29)8-19-20(18)23(37)25(24(41-19)10-2-3-13(30)14(31)4-10)43-28-26(22(36)17(34)9-40-28)42-27(38)11-5-15(32)21(35)16(33)6-11/h2-8,17,22,26,28-36H,9H2,1H3. The Hall–Kier alpha value is -5.38. The number of carbonyl (C=O) groups is 1. The molecule has 4 unspecified atom stereocenters. The van der Waals surface area contributed by atoms with E-state index in [2.05, 4.69) is 0 Å². The lowest BCUT2D eigenvalue weighted by Crippen LogP contribution is -2.56. The Kier molecular flexibility index (Phi) is 7.54. The monoisotopic (exact) mass is 600 g/mol. The van der Waals surface area contributed by atoms with Gasteiger partial charge in [-0.3, -0.25) is 4.79 Å². The molecular weight excluding hydrogens is 576 g/mol. The Balaban J connectivity index is 1.61. The van der Waals surface area contributed by atoms with Crippen molar-refractivity contribution in [2.24, 2.45) is 0 Å². The van der Waals surface area contributed by atoms with Gasteiger partial charge in [-0.15, -0.1) is 0 Å². The molecule has 2 heterocycles. The van der Waals surface area contributed by atoms with Crippen molar-refractivity contribution in [3.63, 3.8) is 0 Å². The van der Waals surface area contributed by atoms with Crippen molar-refractivity contribution in [3.8, 4) is 57.3 Å². The maximum Gasteiger partial charge on any atom is 0.339 e. The van der Waals surface area contributed by atoms with Gasteiger partial charge in [0.1, 0.15) is 34.7 Å². The van der Waals surface area contributed by atoms with Gasteiger partial charge in [0.15, 0.2) is 40.6 Å². The summed E-state index contributed by atoms with van der Waals surface area (Å²) in [5.74, 6) is -6.29. The van der Waals surface area contributed by atoms with E-state index in [1.807, 2.05) is 0 Å². The normalized spacial score (nSPS) is 20.1. The zero-order valence-electron chi connectivity index (χ0n) is 22.0. The van der Waals surface area contributed by atoms with E-state index < -0.39 is 82.7 Å². The summed E-state index contributed by atoms with van der Waals surface area (Å²) in [5.41, 5.74) is -1.50. The van der Waals surface area contributed by atoms with E-state index in [9.17, 15) is 50.4 Å². The number of phenolic OH excluding ortho intramolecular Hbond substituents is 6. The van der Waals surface area contributed by atoms with Crippen LogP contribution in [0.25, 0.3) is 22.3 Å². The van der Waals surface area contributed by atoms with Crippen LogP contribution in [0, 0.1) is 0 Å². The van der Waals surface area contributed by atoms with Crippen LogP contribution in [-0.2, 0) is 9.47 Å². The van der Waals surface area contributed by atoms with Gasteiger partial charge in [-0.2, -0.15) is 0 Å². The lowest BCUT2D eigenvalue weighted by atomic mass is 10.0. The Morgan fingerprint density at radius 1 is 0.907 bits per heavy atom. The first-order chi connectivity index (χ1) is 20.4. The molecule has 0 amide bonds. The van der Waals surface area contributed by atoms with Crippen LogP contribution < -0.4 is 14.9 Å². The Morgan fingerprint density at radius 3 is 2.26 bits per heavy atom. The number of methoxy groups -OCH3 is 1. The van der Waals surface area contributed by atoms with Gasteiger partial charge in [0.2, 0.25) is 17.5 Å². The quantitative estimate of drug-likeness (QED) is 0.115. The molecule has 3 aromatic carbocycles. The highest BCUT2D eigenvalue weighted by Gasteiger charge is 2.44. The van der Waals surface area contributed by atoms with Crippen molar-refractivity contribution < 1.29 is 69.0 Å². The van der Waals surface area contributed by atoms with Crippen LogP contribution >= 0.6 is 0 Å². The maximum absolute atomic E-state index is 13.8. The number of aliphatic hydroxyl groups is 2. The average molecular weight is 600 g/mol. The van der Waals surface area contributed by atoms with E-state index in [1.165, 1.54) is 13.2 Å². The van der Waals surface area contributed by atoms with Crippen LogP contribution in [0.4, 0.5) is 0 Å². The van der Waals surface area contributed by atoms with Crippen molar-refractivity contribution in [2.45, 2.75) is 24.6 Å². The van der Waals surface area contributed by atoms with Crippen molar-refractivity contribution in [3.05, 3.63) is 58.3 Å². The number of benzene rings is 3. The van der Waals surface area contributed by atoms with Crippen molar-refractivity contribution in [1.82, 2.24) is 0 Å². The largest absolute Gasteiger partial charge is 0.508 e. The predicted octanol–water partition coefficient (Wildman–Crippen LogP) is 1.38. The minimum Gasteiger partial charge on any atom is -0.508 e. The van der Waals surface area contributed by atoms with Crippen molar-refractivity contribution in [1.29, 1.82) is 0 Å². The molecule has 43 heavy (non-hydrogen) atoms. The molecule has 1 aliphatic rings. The highest BCUT2D eigenvalue weighted by Crippen LogP contribution is 2.40. The highest BCUT2D eigenvalue weighted by molar-refractivity contribution is 5.91. The van der Waals surface area contributed by atoms with Crippen LogP contribution in [0.15, 0.2) is 51.7 Å². The molecule has 15 heteroatoms. The molecule has 1 saturated heterocycles. The second-order valence-electron chi connectivity index (χ2n) is 9.42. The van der Waals surface area contributed by atoms with E-state index in [-0.39, 0.29) is 33.8 Å². The third-order valence-electron chi connectivity index (χ3n) is 6.57. The summed E-state index contributed by atoms with van der Waals surface area (Å²) in [4.78, 5) is 26.7. The molecule has 4 aromatic rings. The number of rotatable bonds is 6. The molecule has 4 atom stereocenters. The molecule has 1 aromatic heterocycles. The fourth-order valence-corrected chi connectivity index (χ4v) is 4.40. The zero-order valence-corrected chi connectivity index (χ0v) is 22.0. The number of phenols is 6. The average Bonchev–Trinajstić information content (AvgIpc) is 2.97. The molecule has 0 bridgehead atoms. The number of hydrogen-bond acceptors (Lipinski definition) is 15. The van der Waals surface area contributed by atoms with Crippen LogP contribution in [0.3, 0.4) is 0 Å². The maximum atomic E-state index is 13.8. The zero-order chi connectivity index (χ0) is 31.2. The number of carbonyl (C=O) groups excluding carboxylic acids is 1.